The van der Waals surface area contributed by atoms with E-state index in [1.54, 1.807) is 13.8 Å². The Labute approximate surface area is 157 Å². The van der Waals surface area contributed by atoms with Crippen LogP contribution < -0.4 is 21.3 Å². The van der Waals surface area contributed by atoms with E-state index < -0.39 is 23.7 Å². The van der Waals surface area contributed by atoms with Crippen molar-refractivity contribution in [2.45, 2.75) is 32.7 Å². The van der Waals surface area contributed by atoms with Crippen molar-refractivity contribution in [1.29, 1.82) is 0 Å². The van der Waals surface area contributed by atoms with Crippen molar-refractivity contribution in [3.05, 3.63) is 24.0 Å². The number of nitrogens with zero attached hydrogens (tertiary/aromatic N) is 1. The Balaban J connectivity index is 0.00000338. The first kappa shape index (κ1) is 21.9. The molecule has 26 heavy (non-hydrogen) atoms. The molecule has 3 amide bonds. The first-order valence-corrected chi connectivity index (χ1v) is 8.22. The van der Waals surface area contributed by atoms with Crippen LogP contribution in [0.25, 0.3) is 0 Å². The molecule has 7 nitrogen and oxygen atoms in total. The Bertz CT molecular complexity index is 684. The number of hydrogen-bond acceptors (Lipinski definition) is 4. The van der Waals surface area contributed by atoms with Gasteiger partial charge in [-0.3, -0.25) is 14.4 Å². The van der Waals surface area contributed by atoms with Crippen LogP contribution in [0.5, 0.6) is 0 Å². The minimum atomic E-state index is -0.692. The molecule has 1 saturated heterocycles. The molecule has 1 aromatic carbocycles. The number of nitrogens with one attached hydrogen (secondary N) is 2. The topological polar surface area (TPSA) is 105 Å². The number of benzene rings is 1. The van der Waals surface area contributed by atoms with Crippen LogP contribution in [0.4, 0.5) is 15.8 Å². The van der Waals surface area contributed by atoms with Gasteiger partial charge in [0.15, 0.2) is 0 Å². The lowest BCUT2D eigenvalue weighted by molar-refractivity contribution is -0.125. The highest BCUT2D eigenvalue weighted by Crippen LogP contribution is 2.26. The molecule has 1 aliphatic heterocycles. The van der Waals surface area contributed by atoms with Crippen molar-refractivity contribution in [3.63, 3.8) is 0 Å². The molecule has 0 aromatic heterocycles. The van der Waals surface area contributed by atoms with Gasteiger partial charge in [0.25, 0.3) is 0 Å². The van der Waals surface area contributed by atoms with Crippen LogP contribution in [0.15, 0.2) is 18.2 Å². The molecule has 2 rings (SSSR count). The monoisotopic (exact) mass is 386 g/mol. The number of hydrogen-bond donors (Lipinski definition) is 3. The van der Waals surface area contributed by atoms with Crippen LogP contribution in [0, 0.1) is 11.7 Å². The number of nitrogens with two attached hydrogens (primary N) is 1. The second-order valence-electron chi connectivity index (χ2n) is 6.35. The minimum absolute atomic E-state index is 0. The summed E-state index contributed by atoms with van der Waals surface area (Å²) in [5.41, 5.74) is 6.14. The Kier molecular flexibility index (Phi) is 7.98. The highest BCUT2D eigenvalue weighted by Gasteiger charge is 2.24. The van der Waals surface area contributed by atoms with Crippen LogP contribution in [-0.2, 0) is 14.4 Å². The largest absolute Gasteiger partial charge is 0.346 e. The third-order valence-corrected chi connectivity index (χ3v) is 4.04. The standard InChI is InChI=1S/C17H23FN4O3.ClH/c1-10(2)16(19)17(25)20-9-14(23)21-11-5-6-13(12(18)8-11)22-7-3-4-15(22)24;/h5-6,8,10,16H,3-4,7,9,19H2,1-2H3,(H,20,25)(H,21,23);1H/t16-;/m0./s1. The van der Waals surface area contributed by atoms with E-state index in [-0.39, 0.29) is 42.2 Å². The van der Waals surface area contributed by atoms with Gasteiger partial charge in [0.05, 0.1) is 18.3 Å². The zero-order valence-corrected chi connectivity index (χ0v) is 15.6. The molecule has 4 N–H and O–H groups in total. The second-order valence-corrected chi connectivity index (χ2v) is 6.35. The molecular weight excluding hydrogens is 363 g/mol. The van der Waals surface area contributed by atoms with Crippen molar-refractivity contribution in [1.82, 2.24) is 5.32 Å². The average molecular weight is 387 g/mol. The normalized spacial score (nSPS) is 14.8. The van der Waals surface area contributed by atoms with Crippen molar-refractivity contribution in [3.8, 4) is 0 Å². The van der Waals surface area contributed by atoms with Crippen LogP contribution in [0.3, 0.4) is 0 Å². The SMILES string of the molecule is CC(C)[C@H](N)C(=O)NCC(=O)Nc1ccc(N2CCCC2=O)c(F)c1.Cl. The first-order valence-electron chi connectivity index (χ1n) is 8.22. The maximum atomic E-state index is 14.2. The molecule has 1 aromatic rings. The lowest BCUT2D eigenvalue weighted by atomic mass is 10.1. The van der Waals surface area contributed by atoms with E-state index in [9.17, 15) is 18.8 Å². The van der Waals surface area contributed by atoms with Gasteiger partial charge in [-0.1, -0.05) is 13.8 Å². The summed E-state index contributed by atoms with van der Waals surface area (Å²) >= 11 is 0. The van der Waals surface area contributed by atoms with E-state index >= 15 is 0 Å². The van der Waals surface area contributed by atoms with E-state index in [1.165, 1.54) is 17.0 Å². The number of halogens is 2. The predicted octanol–water partition coefficient (Wildman–Crippen LogP) is 1.41. The van der Waals surface area contributed by atoms with E-state index in [2.05, 4.69) is 10.6 Å². The van der Waals surface area contributed by atoms with E-state index in [4.69, 9.17) is 5.73 Å². The van der Waals surface area contributed by atoms with Crippen molar-refractivity contribution in [2.75, 3.05) is 23.3 Å². The molecule has 1 fully saturated rings. The van der Waals surface area contributed by atoms with Crippen LogP contribution in [-0.4, -0.2) is 36.9 Å². The zero-order chi connectivity index (χ0) is 18.6. The van der Waals surface area contributed by atoms with E-state index in [0.717, 1.165) is 6.07 Å². The molecule has 0 saturated carbocycles. The molecule has 0 radical (unpaired) electrons. The van der Waals surface area contributed by atoms with Gasteiger partial charge in [-0.2, -0.15) is 0 Å². The third kappa shape index (κ3) is 5.40. The molecule has 0 unspecified atom stereocenters. The van der Waals surface area contributed by atoms with Gasteiger partial charge in [-0.25, -0.2) is 4.39 Å². The summed E-state index contributed by atoms with van der Waals surface area (Å²) in [6, 6.07) is 3.44. The van der Waals surface area contributed by atoms with E-state index in [0.29, 0.717) is 19.4 Å². The van der Waals surface area contributed by atoms with Gasteiger partial charge in [0.1, 0.15) is 5.82 Å². The zero-order valence-electron chi connectivity index (χ0n) is 14.8. The van der Waals surface area contributed by atoms with Crippen LogP contribution in [0.1, 0.15) is 26.7 Å². The second kappa shape index (κ2) is 9.49. The molecule has 9 heteroatoms. The number of carbonyl (C=O) groups excluding carboxylic acids is 3. The molecule has 1 atom stereocenters. The summed E-state index contributed by atoms with van der Waals surface area (Å²) in [6.45, 7) is 3.84. The summed E-state index contributed by atoms with van der Waals surface area (Å²) < 4.78 is 14.2. The van der Waals surface area contributed by atoms with Crippen LogP contribution in [0.2, 0.25) is 0 Å². The molecule has 144 valence electrons. The quantitative estimate of drug-likeness (QED) is 0.687. The molecule has 0 bridgehead atoms. The van der Waals surface area contributed by atoms with Crippen molar-refractivity contribution < 1.29 is 18.8 Å². The van der Waals surface area contributed by atoms with Gasteiger partial charge in [0, 0.05) is 18.7 Å². The average Bonchev–Trinajstić information content (AvgIpc) is 2.97. The highest BCUT2D eigenvalue weighted by molar-refractivity contribution is 5.97. The number of amides is 3. The maximum absolute atomic E-state index is 14.2. The van der Waals surface area contributed by atoms with Crippen molar-refractivity contribution in [2.24, 2.45) is 11.7 Å². The Hall–Kier alpha value is -2.19. The van der Waals surface area contributed by atoms with Gasteiger partial charge in [-0.05, 0) is 30.5 Å². The van der Waals surface area contributed by atoms with Gasteiger partial charge >= 0.3 is 0 Å². The lowest BCUT2D eigenvalue weighted by Crippen LogP contribution is -2.46. The summed E-state index contributed by atoms with van der Waals surface area (Å²) in [5.74, 6) is -1.65. The lowest BCUT2D eigenvalue weighted by Gasteiger charge is -2.17. The first-order chi connectivity index (χ1) is 11.8. The Morgan fingerprint density at radius 3 is 2.58 bits per heavy atom. The van der Waals surface area contributed by atoms with Crippen LogP contribution >= 0.6 is 12.4 Å². The summed E-state index contributed by atoms with van der Waals surface area (Å²) in [5, 5.41) is 4.94. The summed E-state index contributed by atoms with van der Waals surface area (Å²) in [7, 11) is 0. The molecule has 1 heterocycles. The summed E-state index contributed by atoms with van der Waals surface area (Å²) in [6.07, 6.45) is 1.12. The van der Waals surface area contributed by atoms with Gasteiger partial charge in [0.2, 0.25) is 17.7 Å². The fraction of sp³-hybridized carbons (Fsp3) is 0.471. The fourth-order valence-corrected chi connectivity index (χ4v) is 2.50. The molecule has 0 spiro atoms. The summed E-state index contributed by atoms with van der Waals surface area (Å²) in [4.78, 5) is 36.6. The number of anilines is 2. The fourth-order valence-electron chi connectivity index (χ4n) is 2.50. The van der Waals surface area contributed by atoms with Gasteiger partial charge < -0.3 is 21.3 Å². The Morgan fingerprint density at radius 2 is 2.04 bits per heavy atom. The highest BCUT2D eigenvalue weighted by atomic mass is 35.5. The van der Waals surface area contributed by atoms with Crippen molar-refractivity contribution >= 4 is 41.5 Å². The number of rotatable bonds is 6. The Morgan fingerprint density at radius 1 is 1.35 bits per heavy atom. The van der Waals surface area contributed by atoms with E-state index in [1.807, 2.05) is 0 Å². The maximum Gasteiger partial charge on any atom is 0.243 e. The minimum Gasteiger partial charge on any atom is -0.346 e. The smallest absolute Gasteiger partial charge is 0.243 e. The molecule has 1 aliphatic rings. The molecular formula is C17H24ClFN4O3. The van der Waals surface area contributed by atoms with Gasteiger partial charge in [-0.15, -0.1) is 12.4 Å². The molecule has 0 aliphatic carbocycles. The third-order valence-electron chi connectivity index (χ3n) is 4.04. The predicted molar refractivity (Wildman–Crippen MR) is 99.7 cm³/mol. The number of carbonyl (C=O) groups is 3.